The summed E-state index contributed by atoms with van der Waals surface area (Å²) < 4.78 is 23.4. The van der Waals surface area contributed by atoms with Crippen LogP contribution in [0.5, 0.6) is 0 Å². The Bertz CT molecular complexity index is 609. The number of anilines is 1. The van der Waals surface area contributed by atoms with E-state index in [1.807, 2.05) is 12.1 Å². The van der Waals surface area contributed by atoms with Gasteiger partial charge in [0.2, 0.25) is 0 Å². The second-order valence-electron chi connectivity index (χ2n) is 5.97. The summed E-state index contributed by atoms with van der Waals surface area (Å²) in [4.78, 5) is 2.90. The van der Waals surface area contributed by atoms with Crippen molar-refractivity contribution in [2.75, 3.05) is 37.9 Å². The lowest BCUT2D eigenvalue weighted by molar-refractivity contribution is 0.177. The quantitative estimate of drug-likeness (QED) is 0.856. The van der Waals surface area contributed by atoms with E-state index in [0.717, 1.165) is 44.0 Å². The van der Waals surface area contributed by atoms with Crippen molar-refractivity contribution >= 4 is 15.5 Å². The molecule has 2 heterocycles. The van der Waals surface area contributed by atoms with Gasteiger partial charge >= 0.3 is 0 Å². The molecule has 0 saturated carbocycles. The van der Waals surface area contributed by atoms with Crippen LogP contribution in [-0.2, 0) is 16.3 Å². The van der Waals surface area contributed by atoms with Crippen LogP contribution in [0.4, 0.5) is 5.69 Å². The Kier molecular flexibility index (Phi) is 4.19. The molecule has 2 N–H and O–H groups in total. The van der Waals surface area contributed by atoms with Gasteiger partial charge in [-0.05, 0) is 56.1 Å². The molecule has 0 amide bonds. The highest BCUT2D eigenvalue weighted by molar-refractivity contribution is 7.90. The summed E-state index contributed by atoms with van der Waals surface area (Å²) in [5.41, 5.74) is 2.17. The minimum Gasteiger partial charge on any atom is -0.372 e. The lowest BCUT2D eigenvalue weighted by Gasteiger charge is -2.33. The van der Waals surface area contributed by atoms with Gasteiger partial charge < -0.3 is 10.6 Å². The molecule has 0 atom stereocenters. The number of benzene rings is 1. The normalized spacial score (nSPS) is 21.4. The van der Waals surface area contributed by atoms with Gasteiger partial charge in [-0.3, -0.25) is 4.90 Å². The smallest absolute Gasteiger partial charge is 0.175 e. The highest BCUT2D eigenvalue weighted by Crippen LogP contribution is 2.25. The first-order valence-electron chi connectivity index (χ1n) is 7.56. The third-order valence-corrected chi connectivity index (χ3v) is 5.58. The molecule has 2 aliphatic rings. The first kappa shape index (κ1) is 14.8. The van der Waals surface area contributed by atoms with Crippen molar-refractivity contribution in [3.63, 3.8) is 0 Å². The number of rotatable bonds is 2. The summed E-state index contributed by atoms with van der Waals surface area (Å²) >= 11 is 0. The number of sulfone groups is 1. The first-order chi connectivity index (χ1) is 10.0. The molecule has 0 radical (unpaired) electrons. The molecule has 1 fully saturated rings. The van der Waals surface area contributed by atoms with E-state index in [9.17, 15) is 8.42 Å². The maximum Gasteiger partial charge on any atom is 0.175 e. The summed E-state index contributed by atoms with van der Waals surface area (Å²) in [6.45, 7) is 4.01. The molecule has 3 rings (SSSR count). The molecule has 0 aliphatic carbocycles. The molecule has 0 aromatic heterocycles. The van der Waals surface area contributed by atoms with Gasteiger partial charge in [0.05, 0.1) is 11.6 Å². The Morgan fingerprint density at radius 2 is 2.00 bits per heavy atom. The Labute approximate surface area is 126 Å². The molecule has 1 aromatic rings. The Balaban J connectivity index is 1.76. The van der Waals surface area contributed by atoms with E-state index < -0.39 is 9.84 Å². The van der Waals surface area contributed by atoms with Gasteiger partial charge in [0.25, 0.3) is 0 Å². The number of nitrogens with one attached hydrogen (secondary N) is 2. The van der Waals surface area contributed by atoms with Crippen LogP contribution < -0.4 is 10.6 Å². The van der Waals surface area contributed by atoms with E-state index >= 15 is 0 Å². The lowest BCUT2D eigenvalue weighted by Crippen LogP contribution is -2.45. The highest BCUT2D eigenvalue weighted by Gasteiger charge is 2.23. The molecular weight excluding hydrogens is 286 g/mol. The fourth-order valence-corrected chi connectivity index (χ4v) is 3.86. The van der Waals surface area contributed by atoms with Gasteiger partial charge in [-0.25, -0.2) is 8.42 Å². The van der Waals surface area contributed by atoms with Gasteiger partial charge in [0.15, 0.2) is 9.84 Å². The Morgan fingerprint density at radius 3 is 2.71 bits per heavy atom. The van der Waals surface area contributed by atoms with Crippen molar-refractivity contribution in [2.24, 2.45) is 0 Å². The topological polar surface area (TPSA) is 61.4 Å². The van der Waals surface area contributed by atoms with E-state index in [-0.39, 0.29) is 0 Å². The third-order valence-electron chi connectivity index (χ3n) is 4.47. The van der Waals surface area contributed by atoms with E-state index in [1.165, 1.54) is 19.1 Å². The monoisotopic (exact) mass is 309 g/mol. The molecule has 0 bridgehead atoms. The van der Waals surface area contributed by atoms with Gasteiger partial charge in [-0.15, -0.1) is 0 Å². The van der Waals surface area contributed by atoms with Crippen LogP contribution in [0.3, 0.4) is 0 Å². The average molecular weight is 309 g/mol. The van der Waals surface area contributed by atoms with Crippen LogP contribution in [-0.4, -0.2) is 51.9 Å². The fraction of sp³-hybridized carbons (Fsp3) is 0.600. The standard InChI is InChI=1S/C15H23N3O2S/c1-21(19,20)14-2-3-15-12(10-14)6-9-18(11-17-15)13-4-7-16-8-5-13/h2-3,10,13,16-17H,4-9,11H2,1H3. The third kappa shape index (κ3) is 3.39. The van der Waals surface area contributed by atoms with E-state index in [4.69, 9.17) is 0 Å². The van der Waals surface area contributed by atoms with Crippen molar-refractivity contribution in [2.45, 2.75) is 30.2 Å². The van der Waals surface area contributed by atoms with Crippen LogP contribution >= 0.6 is 0 Å². The maximum atomic E-state index is 11.7. The Morgan fingerprint density at radius 1 is 1.24 bits per heavy atom. The molecule has 21 heavy (non-hydrogen) atoms. The SMILES string of the molecule is CS(=O)(=O)c1ccc2c(c1)CCN(C1CCNCC1)CN2. The molecule has 2 aliphatic heterocycles. The van der Waals surface area contributed by atoms with E-state index in [0.29, 0.717) is 10.9 Å². The molecule has 0 spiro atoms. The molecule has 0 unspecified atom stereocenters. The maximum absolute atomic E-state index is 11.7. The van der Waals surface area contributed by atoms with E-state index in [2.05, 4.69) is 15.5 Å². The molecule has 116 valence electrons. The number of nitrogens with zero attached hydrogens (tertiary/aromatic N) is 1. The predicted molar refractivity (Wildman–Crippen MR) is 84.3 cm³/mol. The van der Waals surface area contributed by atoms with Crippen LogP contribution in [0, 0.1) is 0 Å². The zero-order chi connectivity index (χ0) is 14.9. The van der Waals surface area contributed by atoms with Crippen LogP contribution in [0.1, 0.15) is 18.4 Å². The summed E-state index contributed by atoms with van der Waals surface area (Å²) in [5, 5.41) is 6.86. The number of piperidine rings is 1. The molecule has 1 aromatic carbocycles. The molecular formula is C15H23N3O2S. The summed E-state index contributed by atoms with van der Waals surface area (Å²) in [5.74, 6) is 0. The van der Waals surface area contributed by atoms with Gasteiger partial charge in [0.1, 0.15) is 0 Å². The summed E-state index contributed by atoms with van der Waals surface area (Å²) in [7, 11) is -3.13. The average Bonchev–Trinajstić information content (AvgIpc) is 2.69. The van der Waals surface area contributed by atoms with Gasteiger partial charge in [0, 0.05) is 24.5 Å². The van der Waals surface area contributed by atoms with Crippen LogP contribution in [0.2, 0.25) is 0 Å². The second kappa shape index (κ2) is 5.94. The zero-order valence-electron chi connectivity index (χ0n) is 12.4. The van der Waals surface area contributed by atoms with Crippen molar-refractivity contribution in [1.82, 2.24) is 10.2 Å². The first-order valence-corrected chi connectivity index (χ1v) is 9.45. The number of hydrogen-bond donors (Lipinski definition) is 2. The predicted octanol–water partition coefficient (Wildman–Crippen LogP) is 1.07. The van der Waals surface area contributed by atoms with Gasteiger partial charge in [-0.2, -0.15) is 0 Å². The largest absolute Gasteiger partial charge is 0.372 e. The summed E-state index contributed by atoms with van der Waals surface area (Å²) in [6.07, 6.45) is 4.54. The summed E-state index contributed by atoms with van der Waals surface area (Å²) in [6, 6.07) is 6.05. The molecule has 1 saturated heterocycles. The number of fused-ring (bicyclic) bond motifs is 1. The van der Waals surface area contributed by atoms with Gasteiger partial charge in [-0.1, -0.05) is 0 Å². The van der Waals surface area contributed by atoms with E-state index in [1.54, 1.807) is 6.07 Å². The van der Waals surface area contributed by atoms with Crippen molar-refractivity contribution in [3.8, 4) is 0 Å². The van der Waals surface area contributed by atoms with Crippen LogP contribution in [0.15, 0.2) is 23.1 Å². The molecule has 6 heteroatoms. The fourth-order valence-electron chi connectivity index (χ4n) is 3.19. The lowest BCUT2D eigenvalue weighted by atomic mass is 10.0. The van der Waals surface area contributed by atoms with Crippen molar-refractivity contribution in [1.29, 1.82) is 0 Å². The minimum atomic E-state index is -3.13. The van der Waals surface area contributed by atoms with Crippen molar-refractivity contribution < 1.29 is 8.42 Å². The Hall–Kier alpha value is -1.11. The minimum absolute atomic E-state index is 0.415. The van der Waals surface area contributed by atoms with Crippen LogP contribution in [0.25, 0.3) is 0 Å². The highest BCUT2D eigenvalue weighted by atomic mass is 32.2. The molecule has 5 nitrogen and oxygen atoms in total. The zero-order valence-corrected chi connectivity index (χ0v) is 13.2. The number of hydrogen-bond acceptors (Lipinski definition) is 5. The second-order valence-corrected chi connectivity index (χ2v) is 7.99. The van der Waals surface area contributed by atoms with Crippen molar-refractivity contribution in [3.05, 3.63) is 23.8 Å².